The van der Waals surface area contributed by atoms with Crippen molar-refractivity contribution in [2.45, 2.75) is 39.2 Å². The van der Waals surface area contributed by atoms with Gasteiger partial charge in [0.25, 0.3) is 11.8 Å². The van der Waals surface area contributed by atoms with E-state index >= 15 is 0 Å². The molecule has 2 amide bonds. The van der Waals surface area contributed by atoms with Gasteiger partial charge in [0.15, 0.2) is 0 Å². The highest BCUT2D eigenvalue weighted by atomic mass is 16.7. The fraction of sp³-hybridized carbons (Fsp3) is 0.667. The summed E-state index contributed by atoms with van der Waals surface area (Å²) in [6.45, 7) is 3.92. The molecule has 1 aliphatic heterocycles. The molecule has 1 rings (SSSR count). The lowest BCUT2D eigenvalue weighted by Crippen LogP contribution is -2.38. The second-order valence-electron chi connectivity index (χ2n) is 4.88. The van der Waals surface area contributed by atoms with Crippen molar-refractivity contribution < 1.29 is 28.8 Å². The van der Waals surface area contributed by atoms with E-state index in [1.807, 2.05) is 13.8 Å². The maximum Gasteiger partial charge on any atom is 0.335 e. The van der Waals surface area contributed by atoms with Crippen molar-refractivity contribution in [3.8, 4) is 0 Å². The van der Waals surface area contributed by atoms with Crippen molar-refractivity contribution in [2.24, 2.45) is 11.7 Å². The van der Waals surface area contributed by atoms with E-state index in [2.05, 4.69) is 4.84 Å². The first kappa shape index (κ1) is 16.1. The first-order chi connectivity index (χ1) is 9.31. The molecule has 0 unspecified atom stereocenters. The lowest BCUT2D eigenvalue weighted by atomic mass is 10.2. The Kier molecular flexibility index (Phi) is 5.63. The number of carbonyl (C=O) groups excluding carboxylic acids is 4. The van der Waals surface area contributed by atoms with Crippen LogP contribution < -0.4 is 5.73 Å². The molecule has 0 spiro atoms. The Labute approximate surface area is 116 Å². The standard InChI is InChI=1S/C12H18N2O6/c1-7(2)6-19-12(18)8(13)5-11(17)20-14-9(15)3-4-10(14)16/h7-8H,3-6,13H2,1-2H3/t8-/m0/s1. The van der Waals surface area contributed by atoms with Gasteiger partial charge in [-0.15, -0.1) is 5.06 Å². The summed E-state index contributed by atoms with van der Waals surface area (Å²) in [6.07, 6.45) is -0.447. The maximum atomic E-state index is 11.5. The molecule has 0 aliphatic carbocycles. The van der Waals surface area contributed by atoms with Crippen LogP contribution in [0, 0.1) is 5.92 Å². The fourth-order valence-electron chi connectivity index (χ4n) is 1.42. The number of carbonyl (C=O) groups is 4. The highest BCUT2D eigenvalue weighted by Crippen LogP contribution is 2.13. The predicted octanol–water partition coefficient (Wildman–Crippen LogP) is -0.490. The lowest BCUT2D eigenvalue weighted by Gasteiger charge is -2.15. The minimum absolute atomic E-state index is 0.00853. The zero-order valence-corrected chi connectivity index (χ0v) is 11.5. The van der Waals surface area contributed by atoms with Gasteiger partial charge in [0.1, 0.15) is 6.04 Å². The van der Waals surface area contributed by atoms with Crippen LogP contribution in [0.5, 0.6) is 0 Å². The minimum atomic E-state index is -1.19. The Hall–Kier alpha value is -1.96. The molecule has 1 saturated heterocycles. The molecule has 0 bridgehead atoms. The molecule has 0 aromatic carbocycles. The smallest absolute Gasteiger partial charge is 0.335 e. The maximum absolute atomic E-state index is 11.5. The van der Waals surface area contributed by atoms with Gasteiger partial charge < -0.3 is 15.3 Å². The summed E-state index contributed by atoms with van der Waals surface area (Å²) in [6, 6.07) is -1.19. The van der Waals surface area contributed by atoms with Gasteiger partial charge in [0, 0.05) is 12.8 Å². The molecule has 2 N–H and O–H groups in total. The van der Waals surface area contributed by atoms with E-state index in [0.717, 1.165) is 0 Å². The molecule has 8 nitrogen and oxygen atoms in total. The molecule has 0 radical (unpaired) electrons. The number of imide groups is 1. The van der Waals surface area contributed by atoms with Crippen LogP contribution in [0.3, 0.4) is 0 Å². The van der Waals surface area contributed by atoms with Gasteiger partial charge in [-0.25, -0.2) is 4.79 Å². The second-order valence-corrected chi connectivity index (χ2v) is 4.88. The predicted molar refractivity (Wildman–Crippen MR) is 65.6 cm³/mol. The van der Waals surface area contributed by atoms with Crippen molar-refractivity contribution >= 4 is 23.8 Å². The monoisotopic (exact) mass is 286 g/mol. The van der Waals surface area contributed by atoms with Crippen LogP contribution in [-0.4, -0.2) is 41.5 Å². The van der Waals surface area contributed by atoms with Crippen LogP contribution in [0.1, 0.15) is 33.1 Å². The van der Waals surface area contributed by atoms with Gasteiger partial charge in [0.05, 0.1) is 13.0 Å². The summed E-state index contributed by atoms with van der Waals surface area (Å²) in [7, 11) is 0. The molecule has 1 atom stereocenters. The lowest BCUT2D eigenvalue weighted by molar-refractivity contribution is -0.198. The van der Waals surface area contributed by atoms with Gasteiger partial charge in [-0.05, 0) is 5.92 Å². The van der Waals surface area contributed by atoms with Crippen LogP contribution in [-0.2, 0) is 28.8 Å². The van der Waals surface area contributed by atoms with Crippen LogP contribution >= 0.6 is 0 Å². The molecule has 0 aromatic heterocycles. The zero-order valence-electron chi connectivity index (χ0n) is 11.5. The molecule has 20 heavy (non-hydrogen) atoms. The molecule has 1 fully saturated rings. The molecule has 0 saturated carbocycles. The topological polar surface area (TPSA) is 116 Å². The van der Waals surface area contributed by atoms with E-state index in [1.54, 1.807) is 0 Å². The highest BCUT2D eigenvalue weighted by molar-refractivity contribution is 6.01. The molecule has 1 aliphatic rings. The molecular weight excluding hydrogens is 268 g/mol. The number of hydrogen-bond acceptors (Lipinski definition) is 7. The Balaban J connectivity index is 2.39. The number of nitrogens with zero attached hydrogens (tertiary/aromatic N) is 1. The van der Waals surface area contributed by atoms with Gasteiger partial charge in [-0.1, -0.05) is 13.8 Å². The average molecular weight is 286 g/mol. The summed E-state index contributed by atoms with van der Waals surface area (Å²) in [5.74, 6) is -2.67. The largest absolute Gasteiger partial charge is 0.464 e. The van der Waals surface area contributed by atoms with Crippen molar-refractivity contribution in [3.05, 3.63) is 0 Å². The fourth-order valence-corrected chi connectivity index (χ4v) is 1.42. The summed E-state index contributed by atoms with van der Waals surface area (Å²) in [4.78, 5) is 50.0. The summed E-state index contributed by atoms with van der Waals surface area (Å²) >= 11 is 0. The van der Waals surface area contributed by atoms with E-state index in [9.17, 15) is 19.2 Å². The third kappa shape index (κ3) is 4.61. The van der Waals surface area contributed by atoms with Crippen LogP contribution in [0.15, 0.2) is 0 Å². The van der Waals surface area contributed by atoms with E-state index < -0.39 is 36.2 Å². The normalized spacial score (nSPS) is 16.5. The summed E-state index contributed by atoms with van der Waals surface area (Å²) in [5.41, 5.74) is 5.48. The Morgan fingerprint density at radius 2 is 1.80 bits per heavy atom. The first-order valence-electron chi connectivity index (χ1n) is 6.30. The van der Waals surface area contributed by atoms with E-state index in [0.29, 0.717) is 5.06 Å². The first-order valence-corrected chi connectivity index (χ1v) is 6.30. The molecular formula is C12H18N2O6. The van der Waals surface area contributed by atoms with Gasteiger partial charge in [-0.3, -0.25) is 14.4 Å². The number of ether oxygens (including phenoxy) is 1. The highest BCUT2D eigenvalue weighted by Gasteiger charge is 2.33. The Morgan fingerprint density at radius 1 is 1.25 bits per heavy atom. The van der Waals surface area contributed by atoms with Crippen LogP contribution in [0.2, 0.25) is 0 Å². The van der Waals surface area contributed by atoms with Crippen molar-refractivity contribution in [3.63, 3.8) is 0 Å². The number of hydrogen-bond donors (Lipinski definition) is 1. The van der Waals surface area contributed by atoms with Crippen LogP contribution in [0.25, 0.3) is 0 Å². The Bertz CT molecular complexity index is 404. The number of hydroxylamine groups is 2. The van der Waals surface area contributed by atoms with E-state index in [-0.39, 0.29) is 25.4 Å². The number of nitrogens with two attached hydrogens (primary N) is 1. The van der Waals surface area contributed by atoms with Gasteiger partial charge >= 0.3 is 11.9 Å². The van der Waals surface area contributed by atoms with Crippen molar-refractivity contribution in [1.82, 2.24) is 5.06 Å². The van der Waals surface area contributed by atoms with Crippen molar-refractivity contribution in [1.29, 1.82) is 0 Å². The van der Waals surface area contributed by atoms with E-state index in [1.165, 1.54) is 0 Å². The van der Waals surface area contributed by atoms with Gasteiger partial charge in [-0.2, -0.15) is 0 Å². The average Bonchev–Trinajstić information content (AvgIpc) is 2.67. The summed E-state index contributed by atoms with van der Waals surface area (Å²) in [5, 5.41) is 0.411. The third-order valence-electron chi connectivity index (χ3n) is 2.45. The SMILES string of the molecule is CC(C)COC(=O)[C@@H](N)CC(=O)ON1C(=O)CCC1=O. The molecule has 8 heteroatoms. The quantitative estimate of drug-likeness (QED) is 0.517. The van der Waals surface area contributed by atoms with Crippen LogP contribution in [0.4, 0.5) is 0 Å². The van der Waals surface area contributed by atoms with E-state index in [4.69, 9.17) is 10.5 Å². The molecule has 112 valence electrons. The molecule has 1 heterocycles. The van der Waals surface area contributed by atoms with Crippen molar-refractivity contribution in [2.75, 3.05) is 6.61 Å². The Morgan fingerprint density at radius 3 is 2.30 bits per heavy atom. The molecule has 0 aromatic rings. The summed E-state index contributed by atoms with van der Waals surface area (Å²) < 4.78 is 4.86. The number of esters is 1. The second kappa shape index (κ2) is 6.99. The third-order valence-corrected chi connectivity index (χ3v) is 2.45. The van der Waals surface area contributed by atoms with Gasteiger partial charge in [0.2, 0.25) is 0 Å². The number of rotatable bonds is 6. The zero-order chi connectivity index (χ0) is 15.3. The minimum Gasteiger partial charge on any atom is -0.464 e. The number of amides is 2.